The van der Waals surface area contributed by atoms with E-state index in [2.05, 4.69) is 0 Å². The second-order valence-corrected chi connectivity index (χ2v) is 5.52. The van der Waals surface area contributed by atoms with E-state index in [0.29, 0.717) is 23.8 Å². The molecule has 0 aliphatic heterocycles. The fraction of sp³-hybridized carbons (Fsp3) is 0.286. The van der Waals surface area contributed by atoms with Gasteiger partial charge in [0.05, 0.1) is 23.9 Å². The summed E-state index contributed by atoms with van der Waals surface area (Å²) < 4.78 is 0. The number of nitrogens with two attached hydrogens (primary N) is 1. The lowest BCUT2D eigenvalue weighted by Crippen LogP contribution is -2.30. The molecule has 1 aromatic carbocycles. The van der Waals surface area contributed by atoms with Gasteiger partial charge in [-0.05, 0) is 34.5 Å². The Morgan fingerprint density at radius 3 is 2.45 bits per heavy atom. The third-order valence-corrected chi connectivity index (χ3v) is 4.04. The highest BCUT2D eigenvalue weighted by Gasteiger charge is 2.15. The van der Waals surface area contributed by atoms with E-state index in [1.165, 1.54) is 0 Å². The van der Waals surface area contributed by atoms with Gasteiger partial charge in [-0.3, -0.25) is 0 Å². The fourth-order valence-electron chi connectivity index (χ4n) is 2.08. The molecule has 0 atom stereocenters. The SMILES string of the molecule is Nc1cc(-c2ccsc2)c(N(CCO)CCO)cc1Cl. The molecular weight excluding hydrogens is 296 g/mol. The van der Waals surface area contributed by atoms with Crippen LogP contribution in [0.15, 0.2) is 29.0 Å². The summed E-state index contributed by atoms with van der Waals surface area (Å²) in [6.07, 6.45) is 0. The number of aliphatic hydroxyl groups excluding tert-OH is 2. The molecule has 20 heavy (non-hydrogen) atoms. The average Bonchev–Trinajstić information content (AvgIpc) is 2.95. The van der Waals surface area contributed by atoms with Crippen LogP contribution in [0.2, 0.25) is 5.02 Å². The van der Waals surface area contributed by atoms with Crippen molar-refractivity contribution in [1.29, 1.82) is 0 Å². The number of benzene rings is 1. The largest absolute Gasteiger partial charge is 0.398 e. The van der Waals surface area contributed by atoms with Gasteiger partial charge in [0, 0.05) is 24.3 Å². The topological polar surface area (TPSA) is 69.7 Å². The molecule has 108 valence electrons. The van der Waals surface area contributed by atoms with Crippen molar-refractivity contribution in [3.8, 4) is 11.1 Å². The summed E-state index contributed by atoms with van der Waals surface area (Å²) in [6, 6.07) is 5.63. The molecule has 2 aromatic rings. The van der Waals surface area contributed by atoms with Crippen LogP contribution in [-0.4, -0.2) is 36.5 Å². The normalized spacial score (nSPS) is 10.8. The van der Waals surface area contributed by atoms with Crippen LogP contribution in [-0.2, 0) is 0 Å². The van der Waals surface area contributed by atoms with Crippen molar-refractivity contribution in [3.05, 3.63) is 34.0 Å². The van der Waals surface area contributed by atoms with Crippen LogP contribution in [0.25, 0.3) is 11.1 Å². The zero-order valence-electron chi connectivity index (χ0n) is 10.9. The number of aliphatic hydroxyl groups is 2. The van der Waals surface area contributed by atoms with E-state index in [9.17, 15) is 10.2 Å². The summed E-state index contributed by atoms with van der Waals surface area (Å²) in [4.78, 5) is 1.90. The first kappa shape index (κ1) is 15.1. The third-order valence-electron chi connectivity index (χ3n) is 3.03. The highest BCUT2D eigenvalue weighted by molar-refractivity contribution is 7.08. The summed E-state index contributed by atoms with van der Waals surface area (Å²) in [5.74, 6) is 0. The molecule has 0 radical (unpaired) electrons. The summed E-state index contributed by atoms with van der Waals surface area (Å²) in [6.45, 7) is 0.867. The van der Waals surface area contributed by atoms with Crippen molar-refractivity contribution in [2.45, 2.75) is 0 Å². The van der Waals surface area contributed by atoms with E-state index in [1.807, 2.05) is 27.8 Å². The van der Waals surface area contributed by atoms with Crippen LogP contribution in [0.4, 0.5) is 11.4 Å². The number of anilines is 2. The van der Waals surface area contributed by atoms with Gasteiger partial charge in [-0.2, -0.15) is 11.3 Å². The molecule has 1 aromatic heterocycles. The monoisotopic (exact) mass is 312 g/mol. The number of hydrogen-bond donors (Lipinski definition) is 3. The molecule has 4 N–H and O–H groups in total. The van der Waals surface area contributed by atoms with Crippen LogP contribution < -0.4 is 10.6 Å². The Bertz CT molecular complexity index is 555. The van der Waals surface area contributed by atoms with Crippen molar-refractivity contribution in [2.75, 3.05) is 36.9 Å². The zero-order chi connectivity index (χ0) is 14.5. The Balaban J connectivity index is 2.51. The van der Waals surface area contributed by atoms with E-state index < -0.39 is 0 Å². The van der Waals surface area contributed by atoms with Crippen LogP contribution in [0, 0.1) is 0 Å². The lowest BCUT2D eigenvalue weighted by Gasteiger charge is -2.26. The summed E-state index contributed by atoms with van der Waals surface area (Å²) in [5.41, 5.74) is 9.29. The highest BCUT2D eigenvalue weighted by Crippen LogP contribution is 2.37. The average molecular weight is 313 g/mol. The Labute approximate surface area is 127 Å². The smallest absolute Gasteiger partial charge is 0.0656 e. The molecule has 1 heterocycles. The lowest BCUT2D eigenvalue weighted by molar-refractivity contribution is 0.281. The minimum Gasteiger partial charge on any atom is -0.398 e. The maximum absolute atomic E-state index is 9.19. The Morgan fingerprint density at radius 2 is 1.90 bits per heavy atom. The quantitative estimate of drug-likeness (QED) is 0.717. The van der Waals surface area contributed by atoms with E-state index in [4.69, 9.17) is 17.3 Å². The highest BCUT2D eigenvalue weighted by atomic mass is 35.5. The number of halogens is 1. The molecule has 0 spiro atoms. The number of thiophene rings is 1. The van der Waals surface area contributed by atoms with Gasteiger partial charge in [0.2, 0.25) is 0 Å². The van der Waals surface area contributed by atoms with E-state index in [0.717, 1.165) is 16.8 Å². The Hall–Kier alpha value is -1.27. The molecule has 0 saturated heterocycles. The first-order valence-corrected chi connectivity index (χ1v) is 7.57. The summed E-state index contributed by atoms with van der Waals surface area (Å²) in [5, 5.41) is 22.9. The van der Waals surface area contributed by atoms with Gasteiger partial charge in [-0.15, -0.1) is 0 Å². The molecule has 0 bridgehead atoms. The minimum absolute atomic E-state index is 0.00503. The Kier molecular flexibility index (Phi) is 5.25. The second kappa shape index (κ2) is 6.95. The van der Waals surface area contributed by atoms with Crippen LogP contribution in [0.1, 0.15) is 0 Å². The lowest BCUT2D eigenvalue weighted by atomic mass is 10.0. The van der Waals surface area contributed by atoms with E-state index in [1.54, 1.807) is 17.4 Å². The molecule has 0 amide bonds. The van der Waals surface area contributed by atoms with Gasteiger partial charge < -0.3 is 20.8 Å². The maximum Gasteiger partial charge on any atom is 0.0656 e. The van der Waals surface area contributed by atoms with Gasteiger partial charge in [0.25, 0.3) is 0 Å². The fourth-order valence-corrected chi connectivity index (χ4v) is 2.90. The van der Waals surface area contributed by atoms with Gasteiger partial charge in [0.15, 0.2) is 0 Å². The van der Waals surface area contributed by atoms with Gasteiger partial charge in [-0.25, -0.2) is 0 Å². The van der Waals surface area contributed by atoms with Crippen molar-refractivity contribution in [1.82, 2.24) is 0 Å². The van der Waals surface area contributed by atoms with Gasteiger partial charge >= 0.3 is 0 Å². The number of rotatable bonds is 6. The Morgan fingerprint density at radius 1 is 1.20 bits per heavy atom. The minimum atomic E-state index is 0.00503. The molecule has 0 fully saturated rings. The van der Waals surface area contributed by atoms with Crippen LogP contribution in [0.3, 0.4) is 0 Å². The number of nitrogens with zero attached hydrogens (tertiary/aromatic N) is 1. The third kappa shape index (κ3) is 3.24. The number of hydrogen-bond acceptors (Lipinski definition) is 5. The molecule has 0 unspecified atom stereocenters. The molecule has 0 aliphatic carbocycles. The van der Waals surface area contributed by atoms with E-state index >= 15 is 0 Å². The summed E-state index contributed by atoms with van der Waals surface area (Å²) >= 11 is 7.72. The van der Waals surface area contributed by atoms with Crippen molar-refractivity contribution < 1.29 is 10.2 Å². The second-order valence-electron chi connectivity index (χ2n) is 4.34. The molecule has 0 aliphatic rings. The molecule has 6 heteroatoms. The van der Waals surface area contributed by atoms with Crippen LogP contribution >= 0.6 is 22.9 Å². The molecule has 4 nitrogen and oxygen atoms in total. The molecular formula is C14H17ClN2O2S. The van der Waals surface area contributed by atoms with Crippen molar-refractivity contribution in [2.24, 2.45) is 0 Å². The predicted molar refractivity (Wildman–Crippen MR) is 85.6 cm³/mol. The maximum atomic E-state index is 9.19. The molecule has 2 rings (SSSR count). The summed E-state index contributed by atoms with van der Waals surface area (Å²) in [7, 11) is 0. The van der Waals surface area contributed by atoms with Crippen molar-refractivity contribution >= 4 is 34.3 Å². The van der Waals surface area contributed by atoms with Crippen LogP contribution in [0.5, 0.6) is 0 Å². The van der Waals surface area contributed by atoms with Gasteiger partial charge in [0.1, 0.15) is 0 Å². The van der Waals surface area contributed by atoms with E-state index in [-0.39, 0.29) is 13.2 Å². The zero-order valence-corrected chi connectivity index (χ0v) is 12.5. The standard InChI is InChI=1S/C14H17ClN2O2S/c15-12-8-14(17(2-4-18)3-5-19)11(7-13(12)16)10-1-6-20-9-10/h1,6-9,18-19H,2-5,16H2. The first-order valence-electron chi connectivity index (χ1n) is 6.25. The van der Waals surface area contributed by atoms with Gasteiger partial charge in [-0.1, -0.05) is 11.6 Å². The van der Waals surface area contributed by atoms with Crippen molar-refractivity contribution in [3.63, 3.8) is 0 Å². The predicted octanol–water partition coefficient (Wildman–Crippen LogP) is 2.44. The first-order chi connectivity index (χ1) is 9.67. The number of nitrogen functional groups attached to an aromatic ring is 1. The molecule has 0 saturated carbocycles.